The Hall–Kier alpha value is -1.25. The van der Waals surface area contributed by atoms with Crippen LogP contribution in [0.5, 0.6) is 0 Å². The summed E-state index contributed by atoms with van der Waals surface area (Å²) >= 11 is 0. The number of carbonyl (C=O) groups excluding carboxylic acids is 1. The Morgan fingerprint density at radius 1 is 1.65 bits per heavy atom. The zero-order chi connectivity index (χ0) is 12.7. The Bertz CT molecular complexity index is 462. The fourth-order valence-corrected chi connectivity index (χ4v) is 0.476. The van der Waals surface area contributed by atoms with E-state index in [1.807, 2.05) is 4.98 Å². The summed E-state index contributed by atoms with van der Waals surface area (Å²) in [6.45, 7) is 0.990. The predicted molar refractivity (Wildman–Crippen MR) is 49.1 cm³/mol. The molecule has 9 heteroatoms. The third-order valence-corrected chi connectivity index (χ3v) is 1.22. The van der Waals surface area contributed by atoms with E-state index in [-0.39, 0.29) is 41.8 Å². The molecular weight excluding hydrogens is 247 g/mol. The van der Waals surface area contributed by atoms with Crippen LogP contribution >= 0.6 is 0 Å². The molecule has 0 aromatic carbocycles. The van der Waals surface area contributed by atoms with E-state index in [1.54, 1.807) is 0 Å². The molecule has 0 aliphatic carbocycles. The molecular formula is C8H8F2N3NaO3. The summed E-state index contributed by atoms with van der Waals surface area (Å²) in [6, 6.07) is 0. The fraction of sp³-hybridized carbons (Fsp3) is 0.125. The van der Waals surface area contributed by atoms with Gasteiger partial charge < -0.3 is 10.8 Å². The van der Waals surface area contributed by atoms with Gasteiger partial charge in [0.15, 0.2) is 17.6 Å². The third kappa shape index (κ3) is 7.61. The third-order valence-electron chi connectivity index (χ3n) is 1.22. The molecule has 6 nitrogen and oxygen atoms in total. The summed E-state index contributed by atoms with van der Waals surface area (Å²) in [4.78, 5) is 25.3. The number of aromatic amines is 1. The Morgan fingerprint density at radius 2 is 2.18 bits per heavy atom. The van der Waals surface area contributed by atoms with Crippen molar-refractivity contribution >= 4 is 11.7 Å². The minimum Gasteiger partial charge on any atom is -0.876 e. The Kier molecular flexibility index (Phi) is 9.44. The first-order valence-corrected chi connectivity index (χ1v) is 3.87. The van der Waals surface area contributed by atoms with Crippen molar-refractivity contribution in [3.8, 4) is 0 Å². The number of hydrogen-bond acceptors (Lipinski definition) is 5. The largest absolute Gasteiger partial charge is 1.00 e. The van der Waals surface area contributed by atoms with Gasteiger partial charge in [0.05, 0.1) is 6.20 Å². The van der Waals surface area contributed by atoms with Gasteiger partial charge in [-0.25, -0.2) is 9.37 Å². The van der Waals surface area contributed by atoms with Crippen molar-refractivity contribution in [3.63, 3.8) is 0 Å². The van der Waals surface area contributed by atoms with Gasteiger partial charge in [-0.2, -0.15) is 4.39 Å². The maximum absolute atomic E-state index is 12.0. The average Bonchev–Trinajstić information content (AvgIpc) is 2.23. The van der Waals surface area contributed by atoms with Crippen LogP contribution < -0.4 is 46.0 Å². The van der Waals surface area contributed by atoms with Gasteiger partial charge >= 0.3 is 29.6 Å². The molecule has 1 aromatic rings. The minimum absolute atomic E-state index is 0. The number of nitrogen functional groups attached to an aromatic ring is 1. The standard InChI is InChI=1S/C4H4FN3O.C4H5FO2.Na/c5-2-1-7-4(6)8-3(2)9;1-3(7)4(5)2-6;/h1H,(H3,6,7,8,9);2,6H,1H3;/q;;+1/p-1/b;4-2+;. The van der Waals surface area contributed by atoms with Gasteiger partial charge in [0.1, 0.15) is 0 Å². The zero-order valence-electron chi connectivity index (χ0n) is 9.16. The van der Waals surface area contributed by atoms with Crippen LogP contribution in [0.3, 0.4) is 0 Å². The number of H-pyrrole nitrogens is 1. The summed E-state index contributed by atoms with van der Waals surface area (Å²) in [5.74, 6) is -3.06. The molecule has 1 aromatic heterocycles. The number of rotatable bonds is 1. The topological polar surface area (TPSA) is 112 Å². The number of carbonyl (C=O) groups is 1. The monoisotopic (exact) mass is 255 g/mol. The second-order valence-corrected chi connectivity index (χ2v) is 2.47. The van der Waals surface area contributed by atoms with Gasteiger partial charge in [-0.3, -0.25) is 14.6 Å². The summed E-state index contributed by atoms with van der Waals surface area (Å²) in [5.41, 5.74) is 4.15. The van der Waals surface area contributed by atoms with Gasteiger partial charge in [-0.1, -0.05) is 0 Å². The molecule has 0 saturated heterocycles. The number of nitrogens with zero attached hydrogens (tertiary/aromatic N) is 1. The molecule has 88 valence electrons. The van der Waals surface area contributed by atoms with Crippen molar-refractivity contribution in [2.24, 2.45) is 0 Å². The number of halogens is 2. The fourth-order valence-electron chi connectivity index (χ4n) is 0.476. The number of nitrogens with one attached hydrogen (secondary N) is 1. The summed E-state index contributed by atoms with van der Waals surface area (Å²) in [6.07, 6.45) is 0.663. The van der Waals surface area contributed by atoms with Gasteiger partial charge in [0, 0.05) is 6.92 Å². The molecule has 0 spiro atoms. The van der Waals surface area contributed by atoms with E-state index in [2.05, 4.69) is 4.98 Å². The first kappa shape index (κ1) is 18.1. The van der Waals surface area contributed by atoms with E-state index in [0.29, 0.717) is 0 Å². The molecule has 0 amide bonds. The SMILES string of the molecule is CC(=O)/C(F)=C\[O-].Nc1ncc(F)c(=O)[nH]1.[Na+]. The Labute approximate surface area is 117 Å². The molecule has 0 bridgehead atoms. The van der Waals surface area contributed by atoms with Gasteiger partial charge in [0.25, 0.3) is 5.56 Å². The summed E-state index contributed by atoms with van der Waals surface area (Å²) in [5, 5.41) is 9.31. The van der Waals surface area contributed by atoms with Crippen LogP contribution in [0, 0.1) is 5.82 Å². The number of aromatic nitrogens is 2. The number of ketones is 1. The second-order valence-electron chi connectivity index (χ2n) is 2.47. The molecule has 0 atom stereocenters. The van der Waals surface area contributed by atoms with Crippen LogP contribution in [-0.4, -0.2) is 15.8 Å². The maximum atomic E-state index is 12.0. The smallest absolute Gasteiger partial charge is 0.876 e. The van der Waals surface area contributed by atoms with Crippen molar-refractivity contribution in [1.82, 2.24) is 9.97 Å². The minimum atomic E-state index is -1.22. The molecule has 0 radical (unpaired) electrons. The van der Waals surface area contributed by atoms with Crippen LogP contribution in [0.2, 0.25) is 0 Å². The van der Waals surface area contributed by atoms with Gasteiger partial charge in [-0.15, -0.1) is 6.26 Å². The van der Waals surface area contributed by atoms with E-state index in [0.717, 1.165) is 13.1 Å². The second kappa shape index (κ2) is 8.85. The van der Waals surface area contributed by atoms with Crippen LogP contribution in [0.25, 0.3) is 0 Å². The normalized spacial score (nSPS) is 9.71. The van der Waals surface area contributed by atoms with E-state index in [9.17, 15) is 23.5 Å². The molecule has 17 heavy (non-hydrogen) atoms. The number of allylic oxidation sites excluding steroid dienone is 1. The zero-order valence-corrected chi connectivity index (χ0v) is 11.2. The molecule has 0 aliphatic rings. The van der Waals surface area contributed by atoms with Crippen LogP contribution in [0.15, 0.2) is 23.1 Å². The number of hydrogen-bond donors (Lipinski definition) is 2. The van der Waals surface area contributed by atoms with Crippen LogP contribution in [0.1, 0.15) is 6.92 Å². The van der Waals surface area contributed by atoms with Crippen molar-refractivity contribution in [3.05, 3.63) is 34.5 Å². The molecule has 1 rings (SSSR count). The van der Waals surface area contributed by atoms with Crippen molar-refractivity contribution in [2.45, 2.75) is 6.92 Å². The number of nitrogens with two attached hydrogens (primary N) is 1. The summed E-state index contributed by atoms with van der Waals surface area (Å²) < 4.78 is 23.5. The first-order valence-electron chi connectivity index (χ1n) is 3.87. The molecule has 0 unspecified atom stereocenters. The molecule has 0 saturated carbocycles. The maximum Gasteiger partial charge on any atom is 1.00 e. The quantitative estimate of drug-likeness (QED) is 0.304. The van der Waals surface area contributed by atoms with Gasteiger partial charge in [0.2, 0.25) is 5.82 Å². The van der Waals surface area contributed by atoms with E-state index in [1.165, 1.54) is 0 Å². The van der Waals surface area contributed by atoms with E-state index >= 15 is 0 Å². The van der Waals surface area contributed by atoms with E-state index in [4.69, 9.17) is 5.73 Å². The number of anilines is 1. The Balaban J connectivity index is 0. The first-order chi connectivity index (χ1) is 7.38. The predicted octanol–water partition coefficient (Wildman–Crippen LogP) is -3.76. The van der Waals surface area contributed by atoms with E-state index < -0.39 is 23.0 Å². The molecule has 0 aliphatic heterocycles. The van der Waals surface area contributed by atoms with Gasteiger partial charge in [-0.05, 0) is 0 Å². The Morgan fingerprint density at radius 3 is 2.41 bits per heavy atom. The molecule has 0 fully saturated rings. The average molecular weight is 255 g/mol. The molecule has 3 N–H and O–H groups in total. The molecule has 1 heterocycles. The number of Topliss-reactive ketones (excluding diaryl/α,β-unsaturated/α-hetero) is 1. The van der Waals surface area contributed by atoms with Crippen molar-refractivity contribution < 1.29 is 48.2 Å². The van der Waals surface area contributed by atoms with Crippen molar-refractivity contribution in [2.75, 3.05) is 5.73 Å². The van der Waals surface area contributed by atoms with Crippen molar-refractivity contribution in [1.29, 1.82) is 0 Å². The van der Waals surface area contributed by atoms with Crippen LogP contribution in [-0.2, 0) is 4.79 Å². The van der Waals surface area contributed by atoms with Crippen LogP contribution in [0.4, 0.5) is 14.7 Å². The summed E-state index contributed by atoms with van der Waals surface area (Å²) in [7, 11) is 0.